The first-order valence-corrected chi connectivity index (χ1v) is 9.57. The second-order valence-electron chi connectivity index (χ2n) is 8.04. The molecule has 8 heteroatoms. The van der Waals surface area contributed by atoms with Crippen molar-refractivity contribution in [3.63, 3.8) is 0 Å². The van der Waals surface area contributed by atoms with E-state index >= 15 is 0 Å². The van der Waals surface area contributed by atoms with E-state index in [-0.39, 0.29) is 23.9 Å². The highest BCUT2D eigenvalue weighted by atomic mass is 19.1. The van der Waals surface area contributed by atoms with E-state index in [0.29, 0.717) is 19.5 Å². The Kier molecular flexibility index (Phi) is 4.12. The van der Waals surface area contributed by atoms with Gasteiger partial charge in [-0.2, -0.15) is 5.10 Å². The van der Waals surface area contributed by atoms with Crippen LogP contribution in [0.1, 0.15) is 35.9 Å². The van der Waals surface area contributed by atoms with Crippen molar-refractivity contribution < 1.29 is 8.78 Å². The van der Waals surface area contributed by atoms with Gasteiger partial charge in [0.25, 0.3) is 0 Å². The number of hydrogen-bond donors (Lipinski definition) is 2. The lowest BCUT2D eigenvalue weighted by atomic mass is 9.72. The summed E-state index contributed by atoms with van der Waals surface area (Å²) in [5.41, 5.74) is 8.66. The van der Waals surface area contributed by atoms with Crippen LogP contribution in [0.4, 0.5) is 14.6 Å². The number of rotatable bonds is 3. The van der Waals surface area contributed by atoms with E-state index < -0.39 is 12.3 Å². The van der Waals surface area contributed by atoms with Crippen molar-refractivity contribution in [2.75, 3.05) is 18.0 Å². The minimum atomic E-state index is -0.907. The molecule has 2 saturated heterocycles. The van der Waals surface area contributed by atoms with Gasteiger partial charge in [-0.1, -0.05) is 0 Å². The van der Waals surface area contributed by atoms with Crippen LogP contribution < -0.4 is 15.8 Å². The van der Waals surface area contributed by atoms with Crippen LogP contribution >= 0.6 is 0 Å². The minimum Gasteiger partial charge on any atom is -0.351 e. The lowest BCUT2D eigenvalue weighted by Gasteiger charge is -2.37. The smallest absolute Gasteiger partial charge is 0.135 e. The highest BCUT2D eigenvalue weighted by Gasteiger charge is 2.47. The van der Waals surface area contributed by atoms with E-state index in [4.69, 9.17) is 0 Å². The first-order chi connectivity index (χ1) is 13.1. The monoisotopic (exact) mass is 374 g/mol. The van der Waals surface area contributed by atoms with Gasteiger partial charge in [0.05, 0.1) is 31.4 Å². The van der Waals surface area contributed by atoms with Gasteiger partial charge in [-0.3, -0.25) is 10.1 Å². The summed E-state index contributed by atoms with van der Waals surface area (Å²) in [6.45, 7) is 0.795. The van der Waals surface area contributed by atoms with Crippen LogP contribution in [-0.2, 0) is 7.05 Å². The van der Waals surface area contributed by atoms with Crippen molar-refractivity contribution in [3.8, 4) is 0 Å². The highest BCUT2D eigenvalue weighted by Crippen LogP contribution is 2.45. The van der Waals surface area contributed by atoms with Crippen molar-refractivity contribution in [1.29, 1.82) is 0 Å². The fourth-order valence-electron chi connectivity index (χ4n) is 4.76. The van der Waals surface area contributed by atoms with E-state index in [9.17, 15) is 8.78 Å². The Labute approximate surface area is 156 Å². The molecule has 0 aromatic carbocycles. The quantitative estimate of drug-likeness (QED) is 0.861. The summed E-state index contributed by atoms with van der Waals surface area (Å²) in [4.78, 5) is 6.31. The van der Waals surface area contributed by atoms with E-state index in [0.717, 1.165) is 23.4 Å². The first kappa shape index (κ1) is 17.1. The molecule has 0 bridgehead atoms. The predicted octanol–water partition coefficient (Wildman–Crippen LogP) is 2.02. The van der Waals surface area contributed by atoms with Gasteiger partial charge in [-0.15, -0.1) is 0 Å². The molecule has 2 aliphatic heterocycles. The Bertz CT molecular complexity index is 820. The Hall–Kier alpha value is -2.06. The number of halogens is 2. The van der Waals surface area contributed by atoms with Gasteiger partial charge in [0, 0.05) is 19.4 Å². The summed E-state index contributed by atoms with van der Waals surface area (Å²) in [7, 11) is 1.89. The van der Waals surface area contributed by atoms with Crippen LogP contribution in [0.3, 0.4) is 0 Å². The molecule has 2 N–H and O–H groups in total. The summed E-state index contributed by atoms with van der Waals surface area (Å²) >= 11 is 0. The average molecular weight is 374 g/mol. The lowest BCUT2D eigenvalue weighted by molar-refractivity contribution is 0.145. The third-order valence-electron chi connectivity index (χ3n) is 6.24. The molecule has 6 nitrogen and oxygen atoms in total. The van der Waals surface area contributed by atoms with Crippen LogP contribution in [-0.4, -0.2) is 46.2 Å². The maximum atomic E-state index is 14.9. The number of nitrogens with one attached hydrogen (secondary N) is 2. The number of aromatic nitrogens is 3. The molecule has 0 spiro atoms. The second-order valence-corrected chi connectivity index (χ2v) is 8.04. The van der Waals surface area contributed by atoms with E-state index in [1.54, 1.807) is 10.9 Å². The second kappa shape index (κ2) is 6.53. The maximum absolute atomic E-state index is 14.9. The molecule has 2 aromatic rings. The van der Waals surface area contributed by atoms with Crippen LogP contribution in [0.2, 0.25) is 0 Å². The molecule has 27 heavy (non-hydrogen) atoms. The van der Waals surface area contributed by atoms with E-state index in [1.807, 2.05) is 36.5 Å². The predicted molar refractivity (Wildman–Crippen MR) is 97.7 cm³/mol. The Balaban J connectivity index is 1.38. The van der Waals surface area contributed by atoms with Crippen LogP contribution in [0.15, 0.2) is 30.7 Å². The highest BCUT2D eigenvalue weighted by molar-refractivity contribution is 5.45. The molecule has 0 radical (unpaired) electrons. The molecular weight excluding hydrogens is 350 g/mol. The number of alkyl halides is 2. The molecule has 4 heterocycles. The number of aryl methyl sites for hydroxylation is 1. The Morgan fingerprint density at radius 3 is 2.74 bits per heavy atom. The molecule has 5 unspecified atom stereocenters. The normalized spacial score (nSPS) is 33.7. The largest absolute Gasteiger partial charge is 0.351 e. The molecule has 144 valence electrons. The average Bonchev–Trinajstić information content (AvgIpc) is 3.25. The van der Waals surface area contributed by atoms with Crippen LogP contribution in [0.25, 0.3) is 0 Å². The van der Waals surface area contributed by atoms with Gasteiger partial charge in [-0.05, 0) is 47.9 Å². The van der Waals surface area contributed by atoms with Gasteiger partial charge >= 0.3 is 0 Å². The van der Waals surface area contributed by atoms with Crippen molar-refractivity contribution >= 4 is 5.82 Å². The zero-order valence-corrected chi connectivity index (χ0v) is 15.2. The van der Waals surface area contributed by atoms with Gasteiger partial charge < -0.3 is 4.90 Å². The summed E-state index contributed by atoms with van der Waals surface area (Å²) in [6.07, 6.45) is 5.35. The molecule has 1 saturated carbocycles. The van der Waals surface area contributed by atoms with E-state index in [2.05, 4.69) is 20.9 Å². The number of pyridine rings is 1. The molecule has 5 rings (SSSR count). The van der Waals surface area contributed by atoms with Crippen molar-refractivity contribution in [3.05, 3.63) is 41.9 Å². The SMILES string of the molecule is Cn1cc(C2CC(F)C3NNC(c4ccnc(N5CC(F)C5)c4)C3C2)cn1. The van der Waals surface area contributed by atoms with Crippen molar-refractivity contribution in [1.82, 2.24) is 25.6 Å². The number of nitrogens with zero attached hydrogens (tertiary/aromatic N) is 4. The molecule has 5 atom stereocenters. The molecule has 0 amide bonds. The molecule has 3 aliphatic rings. The minimum absolute atomic E-state index is 0.0110. The molecule has 3 fully saturated rings. The maximum Gasteiger partial charge on any atom is 0.135 e. The van der Waals surface area contributed by atoms with Crippen LogP contribution in [0.5, 0.6) is 0 Å². The van der Waals surface area contributed by atoms with Gasteiger partial charge in [0.1, 0.15) is 18.2 Å². The van der Waals surface area contributed by atoms with Gasteiger partial charge in [0.2, 0.25) is 0 Å². The van der Waals surface area contributed by atoms with E-state index in [1.165, 1.54) is 0 Å². The Morgan fingerprint density at radius 2 is 2.00 bits per heavy atom. The fraction of sp³-hybridized carbons (Fsp3) is 0.579. The number of hydrazine groups is 1. The summed E-state index contributed by atoms with van der Waals surface area (Å²) in [6, 6.07) is 3.80. The summed E-state index contributed by atoms with van der Waals surface area (Å²) < 4.78 is 29.9. The lowest BCUT2D eigenvalue weighted by Crippen LogP contribution is -2.48. The third kappa shape index (κ3) is 3.00. The van der Waals surface area contributed by atoms with Crippen molar-refractivity contribution in [2.45, 2.75) is 43.2 Å². The van der Waals surface area contributed by atoms with Gasteiger partial charge in [0.15, 0.2) is 0 Å². The number of anilines is 1. The fourth-order valence-corrected chi connectivity index (χ4v) is 4.76. The molecule has 2 aromatic heterocycles. The topological polar surface area (TPSA) is 58.0 Å². The van der Waals surface area contributed by atoms with Gasteiger partial charge in [-0.25, -0.2) is 19.2 Å². The van der Waals surface area contributed by atoms with Crippen molar-refractivity contribution in [2.24, 2.45) is 13.0 Å². The summed E-state index contributed by atoms with van der Waals surface area (Å²) in [5.74, 6) is 1.10. The molecule has 1 aliphatic carbocycles. The summed E-state index contributed by atoms with van der Waals surface area (Å²) in [5, 5.41) is 4.25. The van der Waals surface area contributed by atoms with Crippen LogP contribution in [0, 0.1) is 5.92 Å². The zero-order valence-electron chi connectivity index (χ0n) is 15.2. The molecular formula is C19H24F2N6. The number of hydrogen-bond acceptors (Lipinski definition) is 5. The standard InChI is InChI=1S/C19H24F2N6/c1-26-8-13(7-23-26)12-4-15-18(24-25-19(15)16(21)5-12)11-2-3-22-17(6-11)27-9-14(20)10-27/h2-3,6-8,12,14-16,18-19,24-25H,4-5,9-10H2,1H3. The zero-order chi connectivity index (χ0) is 18.5. The number of fused-ring (bicyclic) bond motifs is 1. The Morgan fingerprint density at radius 1 is 1.15 bits per heavy atom. The first-order valence-electron chi connectivity index (χ1n) is 9.57. The third-order valence-corrected chi connectivity index (χ3v) is 6.24.